The number of benzene rings is 3. The van der Waals surface area contributed by atoms with Crippen LogP contribution in [0.15, 0.2) is 66.7 Å². The third-order valence-corrected chi connectivity index (χ3v) is 8.80. The molecule has 12 nitrogen and oxygen atoms in total. The molecule has 0 aromatic heterocycles. The first kappa shape index (κ1) is 38.2. The van der Waals surface area contributed by atoms with Crippen LogP contribution in [0, 0.1) is 5.92 Å². The van der Waals surface area contributed by atoms with Gasteiger partial charge in [0.1, 0.15) is 11.5 Å². The van der Waals surface area contributed by atoms with Gasteiger partial charge in [0.15, 0.2) is 0 Å². The predicted molar refractivity (Wildman–Crippen MR) is 192 cm³/mol. The first-order chi connectivity index (χ1) is 24.0. The van der Waals surface area contributed by atoms with Gasteiger partial charge in [0.2, 0.25) is 0 Å². The zero-order valence-corrected chi connectivity index (χ0v) is 29.6. The third kappa shape index (κ3) is 10.9. The van der Waals surface area contributed by atoms with E-state index in [2.05, 4.69) is 15.5 Å². The summed E-state index contributed by atoms with van der Waals surface area (Å²) in [5.41, 5.74) is 2.48. The van der Waals surface area contributed by atoms with Crippen molar-refractivity contribution in [2.45, 2.75) is 64.8 Å². The SMILES string of the molecule is COc1ccc(NC(=O)Nc2ccc3c(c2)C(=O)N([C@H](C)CO)C[C@@H](C)[C@@H](CN(C)Cc2ccc(C(=O)O)cc2)OCCCC[C@H](C)O3)cc1. The van der Waals surface area contributed by atoms with Gasteiger partial charge in [-0.3, -0.25) is 9.69 Å². The zero-order chi connectivity index (χ0) is 36.2. The minimum absolute atomic E-state index is 0.118. The Kier molecular flexibility index (Phi) is 14.0. The highest BCUT2D eigenvalue weighted by atomic mass is 16.5. The molecule has 3 aromatic carbocycles. The quantitative estimate of drug-likeness (QED) is 0.202. The van der Waals surface area contributed by atoms with Crippen LogP contribution >= 0.6 is 0 Å². The average Bonchev–Trinajstić information content (AvgIpc) is 3.10. The van der Waals surface area contributed by atoms with Crippen molar-refractivity contribution in [3.8, 4) is 11.5 Å². The minimum Gasteiger partial charge on any atom is -0.497 e. The molecule has 1 aliphatic heterocycles. The van der Waals surface area contributed by atoms with Crippen LogP contribution < -0.4 is 20.1 Å². The molecule has 1 heterocycles. The number of nitrogens with zero attached hydrogens (tertiary/aromatic N) is 2. The number of fused-ring (bicyclic) bond motifs is 1. The molecule has 3 amide bonds. The average molecular weight is 691 g/mol. The highest BCUT2D eigenvalue weighted by Crippen LogP contribution is 2.29. The number of carboxylic acid groups (broad SMARTS) is 1. The van der Waals surface area contributed by atoms with Gasteiger partial charge in [0, 0.05) is 43.5 Å². The number of amides is 3. The molecule has 0 aliphatic carbocycles. The number of carboxylic acids is 1. The summed E-state index contributed by atoms with van der Waals surface area (Å²) >= 11 is 0. The Morgan fingerprint density at radius 3 is 2.36 bits per heavy atom. The lowest BCUT2D eigenvalue weighted by atomic mass is 10.0. The number of anilines is 2. The number of nitrogens with one attached hydrogen (secondary N) is 2. The van der Waals surface area contributed by atoms with Crippen molar-refractivity contribution in [2.75, 3.05) is 51.1 Å². The second-order valence-electron chi connectivity index (χ2n) is 13.0. The van der Waals surface area contributed by atoms with Crippen molar-refractivity contribution in [1.82, 2.24) is 9.80 Å². The number of methoxy groups -OCH3 is 1. The van der Waals surface area contributed by atoms with Gasteiger partial charge in [-0.05, 0) is 100 Å². The normalized spacial score (nSPS) is 19.5. The molecule has 0 saturated heterocycles. The summed E-state index contributed by atoms with van der Waals surface area (Å²) in [4.78, 5) is 42.3. The molecule has 12 heteroatoms. The number of rotatable bonds is 10. The molecule has 0 unspecified atom stereocenters. The molecule has 0 radical (unpaired) electrons. The van der Waals surface area contributed by atoms with E-state index in [4.69, 9.17) is 14.2 Å². The lowest BCUT2D eigenvalue weighted by Crippen LogP contribution is -2.47. The number of aliphatic hydroxyl groups is 1. The summed E-state index contributed by atoms with van der Waals surface area (Å²) in [7, 11) is 3.56. The first-order valence-corrected chi connectivity index (χ1v) is 17.0. The zero-order valence-electron chi connectivity index (χ0n) is 29.6. The standard InChI is InChI=1S/C38H50N4O8/c1-25-21-42(26(2)24-43)36(44)33-20-31(40-38(47)39-30-13-16-32(48-5)17-14-30)15-18-34(33)50-27(3)8-6-7-19-49-35(25)23-41(4)22-28-9-11-29(12-10-28)37(45)46/h9-18,20,25-27,35,43H,6-8,19,21-24H2,1-5H3,(H,45,46)(H2,39,40,47)/t25-,26-,27+,35-/m1/s1. The van der Waals surface area contributed by atoms with Crippen LogP contribution in [0.1, 0.15) is 66.3 Å². The number of hydrogen-bond acceptors (Lipinski definition) is 8. The van der Waals surface area contributed by atoms with Gasteiger partial charge in [0.25, 0.3) is 5.91 Å². The van der Waals surface area contributed by atoms with Gasteiger partial charge in [-0.25, -0.2) is 9.59 Å². The highest BCUT2D eigenvalue weighted by Gasteiger charge is 2.30. The van der Waals surface area contributed by atoms with Crippen molar-refractivity contribution in [3.05, 3.63) is 83.4 Å². The molecule has 0 spiro atoms. The molecule has 4 rings (SSSR count). The van der Waals surface area contributed by atoms with Crippen LogP contribution in [0.2, 0.25) is 0 Å². The van der Waals surface area contributed by atoms with Crippen molar-refractivity contribution < 1.29 is 38.8 Å². The van der Waals surface area contributed by atoms with E-state index >= 15 is 0 Å². The molecule has 0 bridgehead atoms. The van der Waals surface area contributed by atoms with Gasteiger partial charge in [-0.2, -0.15) is 0 Å². The van der Waals surface area contributed by atoms with E-state index < -0.39 is 18.0 Å². The van der Waals surface area contributed by atoms with Gasteiger partial charge >= 0.3 is 12.0 Å². The second-order valence-corrected chi connectivity index (χ2v) is 13.0. The molecular weight excluding hydrogens is 640 g/mol. The smallest absolute Gasteiger partial charge is 0.335 e. The van der Waals surface area contributed by atoms with Crippen LogP contribution in [-0.4, -0.2) is 96.6 Å². The summed E-state index contributed by atoms with van der Waals surface area (Å²) in [6.45, 7) is 7.57. The van der Waals surface area contributed by atoms with E-state index in [1.54, 1.807) is 73.5 Å². The molecule has 0 fully saturated rings. The van der Waals surface area contributed by atoms with Crippen molar-refractivity contribution in [2.24, 2.45) is 5.92 Å². The van der Waals surface area contributed by atoms with Crippen molar-refractivity contribution >= 4 is 29.3 Å². The second kappa shape index (κ2) is 18.4. The van der Waals surface area contributed by atoms with Crippen LogP contribution in [0.5, 0.6) is 11.5 Å². The lowest BCUT2D eigenvalue weighted by Gasteiger charge is -2.36. The number of hydrogen-bond donors (Lipinski definition) is 4. The van der Waals surface area contributed by atoms with E-state index in [-0.39, 0.29) is 41.8 Å². The highest BCUT2D eigenvalue weighted by molar-refractivity contribution is 6.02. The van der Waals surface area contributed by atoms with Crippen LogP contribution in [0.3, 0.4) is 0 Å². The molecule has 3 aromatic rings. The Bertz CT molecular complexity index is 1570. The Balaban J connectivity index is 1.56. The predicted octanol–water partition coefficient (Wildman–Crippen LogP) is 5.96. The first-order valence-electron chi connectivity index (χ1n) is 17.0. The molecule has 4 atom stereocenters. The van der Waals surface area contributed by atoms with Crippen molar-refractivity contribution in [3.63, 3.8) is 0 Å². The number of urea groups is 1. The minimum atomic E-state index is -0.964. The Morgan fingerprint density at radius 1 is 1.02 bits per heavy atom. The number of aliphatic hydroxyl groups excluding tert-OH is 1. The number of carbonyl (C=O) groups excluding carboxylic acids is 2. The summed E-state index contributed by atoms with van der Waals surface area (Å²) in [5, 5.41) is 25.1. The third-order valence-electron chi connectivity index (χ3n) is 8.80. The van der Waals surface area contributed by atoms with Crippen molar-refractivity contribution in [1.29, 1.82) is 0 Å². The van der Waals surface area contributed by atoms with Crippen LogP contribution in [0.25, 0.3) is 0 Å². The fraction of sp³-hybridized carbons (Fsp3) is 0.447. The summed E-state index contributed by atoms with van der Waals surface area (Å²) < 4.78 is 17.9. The lowest BCUT2D eigenvalue weighted by molar-refractivity contribution is -0.0177. The Hall–Kier alpha value is -4.65. The molecule has 50 heavy (non-hydrogen) atoms. The maximum Gasteiger partial charge on any atom is 0.335 e. The summed E-state index contributed by atoms with van der Waals surface area (Å²) in [6.07, 6.45) is 2.05. The maximum absolute atomic E-state index is 14.4. The molecule has 0 saturated carbocycles. The van der Waals surface area contributed by atoms with Gasteiger partial charge < -0.3 is 40.0 Å². The Labute approximate surface area is 294 Å². The molecule has 4 N–H and O–H groups in total. The van der Waals surface area contributed by atoms with E-state index in [0.29, 0.717) is 49.1 Å². The van der Waals surface area contributed by atoms with E-state index in [0.717, 1.165) is 24.8 Å². The molecule has 270 valence electrons. The maximum atomic E-state index is 14.4. The van der Waals surface area contributed by atoms with Crippen LogP contribution in [0.4, 0.5) is 16.2 Å². The van der Waals surface area contributed by atoms with E-state index in [1.807, 2.05) is 33.0 Å². The Morgan fingerprint density at radius 2 is 1.70 bits per heavy atom. The van der Waals surface area contributed by atoms with E-state index in [9.17, 15) is 24.6 Å². The van der Waals surface area contributed by atoms with Gasteiger partial charge in [-0.1, -0.05) is 19.1 Å². The van der Waals surface area contributed by atoms with Gasteiger partial charge in [-0.15, -0.1) is 0 Å². The number of aromatic carboxylic acids is 1. The fourth-order valence-electron chi connectivity index (χ4n) is 5.87. The summed E-state index contributed by atoms with van der Waals surface area (Å²) in [5.74, 6) is -0.338. The number of ether oxygens (including phenoxy) is 3. The molecule has 1 aliphatic rings. The molecular formula is C38H50N4O8. The number of carbonyl (C=O) groups is 3. The topological polar surface area (TPSA) is 150 Å². The van der Waals surface area contributed by atoms with Crippen LogP contribution in [-0.2, 0) is 11.3 Å². The van der Waals surface area contributed by atoms with E-state index in [1.165, 1.54) is 0 Å². The number of likely N-dealkylation sites (N-methyl/N-ethyl adjacent to an activating group) is 1. The van der Waals surface area contributed by atoms with Gasteiger partial charge in [0.05, 0.1) is 43.1 Å². The fourth-order valence-corrected chi connectivity index (χ4v) is 5.87. The monoisotopic (exact) mass is 690 g/mol. The largest absolute Gasteiger partial charge is 0.497 e. The summed E-state index contributed by atoms with van der Waals surface area (Å²) in [6, 6.07) is 17.8.